The molecule has 2 rings (SSSR count). The van der Waals surface area contributed by atoms with Crippen molar-refractivity contribution < 1.29 is 4.79 Å². The molecule has 17 heavy (non-hydrogen) atoms. The van der Waals surface area contributed by atoms with Crippen molar-refractivity contribution in [2.45, 2.75) is 0 Å². The van der Waals surface area contributed by atoms with Gasteiger partial charge in [0, 0.05) is 25.0 Å². The average molecular weight is 252 g/mol. The molecule has 0 aliphatic carbocycles. The molecular weight excluding hydrogens is 242 g/mol. The molecule has 0 aliphatic rings. The molecule has 2 heterocycles. The van der Waals surface area contributed by atoms with Crippen molar-refractivity contribution in [3.8, 4) is 5.82 Å². The average Bonchev–Trinajstić information content (AvgIpc) is 2.76. The highest BCUT2D eigenvalue weighted by atomic mass is 35.5. The van der Waals surface area contributed by atoms with E-state index in [0.717, 1.165) is 0 Å². The lowest BCUT2D eigenvalue weighted by atomic mass is 10.4. The van der Waals surface area contributed by atoms with Gasteiger partial charge in [0.1, 0.15) is 5.15 Å². The minimum absolute atomic E-state index is 0.265. The van der Waals surface area contributed by atoms with E-state index >= 15 is 0 Å². The fourth-order valence-electron chi connectivity index (χ4n) is 1.32. The maximum absolute atomic E-state index is 11.3. The Balaban J connectivity index is 2.40. The minimum atomic E-state index is -0.265. The van der Waals surface area contributed by atoms with Gasteiger partial charge in [0.15, 0.2) is 11.5 Å². The van der Waals surface area contributed by atoms with Crippen molar-refractivity contribution in [3.63, 3.8) is 0 Å². The predicted molar refractivity (Wildman–Crippen MR) is 64.2 cm³/mol. The third-order valence-corrected chi connectivity index (χ3v) is 2.28. The van der Waals surface area contributed by atoms with E-state index in [1.165, 1.54) is 17.8 Å². The third-order valence-electron chi connectivity index (χ3n) is 2.09. The summed E-state index contributed by atoms with van der Waals surface area (Å²) >= 11 is 5.79. The molecule has 88 valence electrons. The van der Waals surface area contributed by atoms with Gasteiger partial charge in [0.05, 0.1) is 0 Å². The fourth-order valence-corrected chi connectivity index (χ4v) is 1.53. The molecular formula is C10H10ClN5O. The molecule has 2 aromatic rings. The van der Waals surface area contributed by atoms with Crippen molar-refractivity contribution in [3.05, 3.63) is 35.2 Å². The third kappa shape index (κ3) is 2.36. The van der Waals surface area contributed by atoms with Crippen LogP contribution in [0.15, 0.2) is 24.4 Å². The van der Waals surface area contributed by atoms with Crippen LogP contribution in [0.4, 0.5) is 5.69 Å². The Morgan fingerprint density at radius 2 is 2.29 bits per heavy atom. The summed E-state index contributed by atoms with van der Waals surface area (Å²) in [7, 11) is 1.54. The summed E-state index contributed by atoms with van der Waals surface area (Å²) in [6, 6.07) is 4.73. The molecule has 6 nitrogen and oxygen atoms in total. The van der Waals surface area contributed by atoms with Gasteiger partial charge in [-0.1, -0.05) is 11.6 Å². The lowest BCUT2D eigenvalue weighted by molar-refractivity contribution is 0.0957. The smallest absolute Gasteiger partial charge is 0.271 e. The first-order valence-electron chi connectivity index (χ1n) is 4.81. The van der Waals surface area contributed by atoms with Gasteiger partial charge in [0.2, 0.25) is 0 Å². The summed E-state index contributed by atoms with van der Waals surface area (Å²) in [4.78, 5) is 15.4. The van der Waals surface area contributed by atoms with Gasteiger partial charge in [-0.25, -0.2) is 9.67 Å². The molecule has 0 radical (unpaired) electrons. The zero-order valence-corrected chi connectivity index (χ0v) is 9.77. The van der Waals surface area contributed by atoms with Crippen LogP contribution in [0.5, 0.6) is 0 Å². The first-order valence-corrected chi connectivity index (χ1v) is 5.19. The maximum Gasteiger partial charge on any atom is 0.271 e. The summed E-state index contributed by atoms with van der Waals surface area (Å²) in [5.41, 5.74) is 6.43. The van der Waals surface area contributed by atoms with E-state index in [-0.39, 0.29) is 11.1 Å². The number of pyridine rings is 1. The van der Waals surface area contributed by atoms with E-state index in [1.807, 2.05) is 0 Å². The molecule has 0 atom stereocenters. The van der Waals surface area contributed by atoms with Crippen LogP contribution < -0.4 is 11.1 Å². The minimum Gasteiger partial charge on any atom is -0.399 e. The van der Waals surface area contributed by atoms with Gasteiger partial charge in [-0.3, -0.25) is 4.79 Å². The Hall–Kier alpha value is -2.08. The second kappa shape index (κ2) is 4.42. The maximum atomic E-state index is 11.3. The topological polar surface area (TPSA) is 85.8 Å². The molecule has 0 aromatic carbocycles. The molecule has 3 N–H and O–H groups in total. The van der Waals surface area contributed by atoms with Crippen LogP contribution in [-0.4, -0.2) is 27.7 Å². The standard InChI is InChI=1S/C10H10ClN5O/c1-13-10(17)7-2-3-16(15-7)9-5-6(12)4-8(11)14-9/h2-5H,1H3,(H2,12,14)(H,13,17). The second-order valence-corrected chi connectivity index (χ2v) is 3.69. The highest BCUT2D eigenvalue weighted by Gasteiger charge is 2.09. The number of rotatable bonds is 2. The van der Waals surface area contributed by atoms with Crippen LogP contribution in [0.2, 0.25) is 5.15 Å². The van der Waals surface area contributed by atoms with E-state index in [2.05, 4.69) is 15.4 Å². The predicted octanol–water partition coefficient (Wildman–Crippen LogP) is 0.863. The largest absolute Gasteiger partial charge is 0.399 e. The van der Waals surface area contributed by atoms with Gasteiger partial charge >= 0.3 is 0 Å². The van der Waals surface area contributed by atoms with Crippen LogP contribution in [-0.2, 0) is 0 Å². The van der Waals surface area contributed by atoms with Gasteiger partial charge in [0.25, 0.3) is 5.91 Å². The highest BCUT2D eigenvalue weighted by Crippen LogP contribution is 2.15. The second-order valence-electron chi connectivity index (χ2n) is 3.31. The summed E-state index contributed by atoms with van der Waals surface area (Å²) in [6.45, 7) is 0. The Labute approximate surface area is 102 Å². The number of aromatic nitrogens is 3. The Morgan fingerprint density at radius 3 is 2.94 bits per heavy atom. The van der Waals surface area contributed by atoms with Crippen molar-refractivity contribution in [2.24, 2.45) is 0 Å². The molecule has 0 fully saturated rings. The monoisotopic (exact) mass is 251 g/mol. The van der Waals surface area contributed by atoms with Crippen molar-refractivity contribution >= 4 is 23.2 Å². The number of nitrogens with one attached hydrogen (secondary N) is 1. The van der Waals surface area contributed by atoms with Gasteiger partial charge in [-0.15, -0.1) is 0 Å². The lowest BCUT2D eigenvalue weighted by Crippen LogP contribution is -2.18. The number of anilines is 1. The van der Waals surface area contributed by atoms with E-state index < -0.39 is 0 Å². The van der Waals surface area contributed by atoms with Crippen LogP contribution >= 0.6 is 11.6 Å². The van der Waals surface area contributed by atoms with E-state index in [1.54, 1.807) is 18.3 Å². The number of halogens is 1. The van der Waals surface area contributed by atoms with Gasteiger partial charge < -0.3 is 11.1 Å². The Morgan fingerprint density at radius 1 is 1.53 bits per heavy atom. The number of carbonyl (C=O) groups is 1. The zero-order chi connectivity index (χ0) is 12.4. The van der Waals surface area contributed by atoms with Gasteiger partial charge in [-0.2, -0.15) is 5.10 Å². The number of nitrogen functional groups attached to an aromatic ring is 1. The summed E-state index contributed by atoms with van der Waals surface area (Å²) in [6.07, 6.45) is 1.61. The highest BCUT2D eigenvalue weighted by molar-refractivity contribution is 6.29. The van der Waals surface area contributed by atoms with Gasteiger partial charge in [-0.05, 0) is 12.1 Å². The normalized spacial score (nSPS) is 10.2. The summed E-state index contributed by atoms with van der Waals surface area (Å²) in [5, 5.41) is 6.82. The molecule has 0 spiro atoms. The lowest BCUT2D eigenvalue weighted by Gasteiger charge is -2.02. The molecule has 0 bridgehead atoms. The molecule has 2 aromatic heterocycles. The van der Waals surface area contributed by atoms with Crippen LogP contribution in [0, 0.1) is 0 Å². The zero-order valence-electron chi connectivity index (χ0n) is 9.01. The molecule has 0 aliphatic heterocycles. The Kier molecular flexibility index (Phi) is 2.97. The molecule has 0 saturated carbocycles. The van der Waals surface area contributed by atoms with E-state index in [4.69, 9.17) is 17.3 Å². The van der Waals surface area contributed by atoms with Crippen LogP contribution in [0.1, 0.15) is 10.5 Å². The van der Waals surface area contributed by atoms with Crippen LogP contribution in [0.25, 0.3) is 5.82 Å². The Bertz CT molecular complexity index is 545. The molecule has 0 saturated heterocycles. The molecule has 1 amide bonds. The summed E-state index contributed by atoms with van der Waals surface area (Å²) in [5.74, 6) is 0.198. The first kappa shape index (κ1) is 11.4. The fraction of sp³-hybridized carbons (Fsp3) is 0.100. The first-order chi connectivity index (χ1) is 8.10. The SMILES string of the molecule is CNC(=O)c1ccn(-c2cc(N)cc(Cl)n2)n1. The van der Waals surface area contributed by atoms with Crippen molar-refractivity contribution in [2.75, 3.05) is 12.8 Å². The number of amides is 1. The number of carbonyl (C=O) groups excluding carboxylic acids is 1. The quantitative estimate of drug-likeness (QED) is 0.776. The number of nitrogens with two attached hydrogens (primary N) is 1. The molecule has 7 heteroatoms. The number of hydrogen-bond acceptors (Lipinski definition) is 4. The summed E-state index contributed by atoms with van der Waals surface area (Å²) < 4.78 is 1.44. The van der Waals surface area contributed by atoms with E-state index in [9.17, 15) is 4.79 Å². The van der Waals surface area contributed by atoms with Crippen molar-refractivity contribution in [1.82, 2.24) is 20.1 Å². The number of nitrogens with zero attached hydrogens (tertiary/aromatic N) is 3. The van der Waals surface area contributed by atoms with Crippen LogP contribution in [0.3, 0.4) is 0 Å². The van der Waals surface area contributed by atoms with Crippen molar-refractivity contribution in [1.29, 1.82) is 0 Å². The number of hydrogen-bond donors (Lipinski definition) is 2. The van der Waals surface area contributed by atoms with E-state index in [0.29, 0.717) is 17.2 Å². The molecule has 0 unspecified atom stereocenters.